The van der Waals surface area contributed by atoms with Crippen molar-refractivity contribution < 1.29 is 23.8 Å². The van der Waals surface area contributed by atoms with Crippen molar-refractivity contribution in [3.8, 4) is 28.4 Å². The zero-order valence-corrected chi connectivity index (χ0v) is 28.3. The summed E-state index contributed by atoms with van der Waals surface area (Å²) in [5.74, 6) is -0.613. The molecule has 1 aliphatic heterocycles. The number of hydrogen-bond donors (Lipinski definition) is 0. The first kappa shape index (κ1) is 31.9. The molecule has 3 aromatic carbocycles. The summed E-state index contributed by atoms with van der Waals surface area (Å²) in [6.07, 6.45) is 3.69. The molecule has 0 aliphatic carbocycles. The number of carbonyl (C=O) groups excluding carboxylic acids is 2. The molecule has 0 unspecified atom stereocenters. The first-order valence-electron chi connectivity index (χ1n) is 14.7. The van der Waals surface area contributed by atoms with Gasteiger partial charge in [0.25, 0.3) is 5.56 Å². The summed E-state index contributed by atoms with van der Waals surface area (Å²) >= 11 is 4.71. The van der Waals surface area contributed by atoms with Crippen LogP contribution in [0.4, 0.5) is 0 Å². The van der Waals surface area contributed by atoms with E-state index in [4.69, 9.17) is 19.3 Å². The van der Waals surface area contributed by atoms with Crippen LogP contribution >= 0.6 is 27.3 Å². The highest BCUT2D eigenvalue weighted by Crippen LogP contribution is 2.36. The first-order valence-corrected chi connectivity index (χ1v) is 16.3. The van der Waals surface area contributed by atoms with Gasteiger partial charge in [-0.25, -0.2) is 14.5 Å². The van der Waals surface area contributed by atoms with Crippen LogP contribution in [0.5, 0.6) is 11.5 Å². The molecule has 10 nitrogen and oxygen atoms in total. The van der Waals surface area contributed by atoms with E-state index in [-0.39, 0.29) is 29.2 Å². The zero-order valence-electron chi connectivity index (χ0n) is 25.9. The lowest BCUT2D eigenvalue weighted by atomic mass is 9.95. The highest BCUT2D eigenvalue weighted by Gasteiger charge is 2.34. The largest absolute Gasteiger partial charge is 0.493 e. The summed E-state index contributed by atoms with van der Waals surface area (Å²) in [6.45, 7) is 4.87. The second-order valence-corrected chi connectivity index (χ2v) is 12.5. The highest BCUT2D eigenvalue weighted by molar-refractivity contribution is 9.10. The van der Waals surface area contributed by atoms with Crippen molar-refractivity contribution in [1.29, 1.82) is 0 Å². The molecule has 238 valence electrons. The molecular weight excluding hydrogens is 684 g/mol. The molecule has 47 heavy (non-hydrogen) atoms. The maximum absolute atomic E-state index is 14.3. The summed E-state index contributed by atoms with van der Waals surface area (Å²) in [7, 11) is 1.45. The fourth-order valence-corrected chi connectivity index (χ4v) is 6.68. The van der Waals surface area contributed by atoms with Crippen molar-refractivity contribution in [2.24, 2.45) is 4.99 Å². The quantitative estimate of drug-likeness (QED) is 0.158. The molecule has 0 saturated heterocycles. The Bertz CT molecular complexity index is 2220. The smallest absolute Gasteiger partial charge is 0.338 e. The molecule has 0 radical (unpaired) electrons. The van der Waals surface area contributed by atoms with E-state index in [0.29, 0.717) is 26.3 Å². The summed E-state index contributed by atoms with van der Waals surface area (Å²) in [5.41, 5.74) is 4.02. The average molecular weight is 714 g/mol. The summed E-state index contributed by atoms with van der Waals surface area (Å²) in [4.78, 5) is 44.5. The number of aromatic nitrogens is 3. The third-order valence-corrected chi connectivity index (χ3v) is 8.95. The van der Waals surface area contributed by atoms with E-state index in [2.05, 4.69) is 20.9 Å². The number of benzene rings is 3. The summed E-state index contributed by atoms with van der Waals surface area (Å²) in [6, 6.07) is 21.5. The predicted octanol–water partition coefficient (Wildman–Crippen LogP) is 5.35. The normalized spacial score (nSPS) is 14.4. The minimum atomic E-state index is -0.884. The van der Waals surface area contributed by atoms with E-state index < -0.39 is 18.0 Å². The molecule has 6 rings (SSSR count). The van der Waals surface area contributed by atoms with Crippen molar-refractivity contribution in [3.05, 3.63) is 126 Å². The first-order chi connectivity index (χ1) is 22.7. The minimum Gasteiger partial charge on any atom is -0.493 e. The van der Waals surface area contributed by atoms with E-state index >= 15 is 0 Å². The van der Waals surface area contributed by atoms with Gasteiger partial charge in [-0.15, -0.1) is 0 Å². The molecule has 3 heterocycles. The Labute approximate surface area is 282 Å². The van der Waals surface area contributed by atoms with Crippen molar-refractivity contribution in [3.63, 3.8) is 0 Å². The molecular formula is C35H29BrN4O6S. The van der Waals surface area contributed by atoms with Gasteiger partial charge in [0, 0.05) is 28.7 Å². The van der Waals surface area contributed by atoms with Gasteiger partial charge < -0.3 is 14.2 Å². The molecule has 12 heteroatoms. The van der Waals surface area contributed by atoms with Crippen LogP contribution in [0, 0.1) is 0 Å². The number of nitrogens with zero attached hydrogens (tertiary/aromatic N) is 4. The number of ether oxygens (including phenoxy) is 3. The lowest BCUT2D eigenvalue weighted by molar-refractivity contribution is -0.139. The molecule has 0 bridgehead atoms. The van der Waals surface area contributed by atoms with E-state index in [1.807, 2.05) is 60.8 Å². The lowest BCUT2D eigenvalue weighted by Gasteiger charge is -2.25. The number of hydrogen-bond acceptors (Lipinski definition) is 9. The monoisotopic (exact) mass is 712 g/mol. The van der Waals surface area contributed by atoms with Crippen LogP contribution in [0.2, 0.25) is 0 Å². The van der Waals surface area contributed by atoms with Crippen LogP contribution in [0.25, 0.3) is 23.0 Å². The number of halogens is 1. The van der Waals surface area contributed by atoms with Crippen molar-refractivity contribution in [2.75, 3.05) is 13.7 Å². The maximum atomic E-state index is 14.3. The number of methoxy groups -OCH3 is 1. The SMILES string of the molecule is CCOC(=O)C1=C(C)N=c2s/c(=C\c3cn(-c4ccccc4)nc3-c3ccc(Br)cc3)c(=O)n2[C@H]1c1ccc(OC(C)=O)c(OC)c1. The summed E-state index contributed by atoms with van der Waals surface area (Å²) < 4.78 is 20.8. The number of fused-ring (bicyclic) bond motifs is 1. The molecule has 2 aromatic heterocycles. The maximum Gasteiger partial charge on any atom is 0.338 e. The Hall–Kier alpha value is -5.07. The Morgan fingerprint density at radius 3 is 2.47 bits per heavy atom. The molecule has 0 fully saturated rings. The predicted molar refractivity (Wildman–Crippen MR) is 181 cm³/mol. The van der Waals surface area contributed by atoms with Gasteiger partial charge in [-0.1, -0.05) is 63.7 Å². The van der Waals surface area contributed by atoms with E-state index in [1.54, 1.807) is 42.8 Å². The Morgan fingerprint density at radius 1 is 1.04 bits per heavy atom. The van der Waals surface area contributed by atoms with Gasteiger partial charge in [0.2, 0.25) is 0 Å². The van der Waals surface area contributed by atoms with Gasteiger partial charge in [0.15, 0.2) is 16.3 Å². The molecule has 0 amide bonds. The molecule has 1 aliphatic rings. The molecule has 0 spiro atoms. The lowest BCUT2D eigenvalue weighted by Crippen LogP contribution is -2.40. The number of carbonyl (C=O) groups is 2. The van der Waals surface area contributed by atoms with Gasteiger partial charge in [0.05, 0.1) is 46.9 Å². The van der Waals surface area contributed by atoms with Crippen LogP contribution in [0.1, 0.15) is 37.9 Å². The number of thiazole rings is 1. The Kier molecular flexibility index (Phi) is 9.06. The van der Waals surface area contributed by atoms with Gasteiger partial charge in [-0.05, 0) is 61.9 Å². The third-order valence-electron chi connectivity index (χ3n) is 7.44. The number of rotatable bonds is 8. The average Bonchev–Trinajstić information content (AvgIpc) is 3.61. The molecule has 0 saturated carbocycles. The van der Waals surface area contributed by atoms with Gasteiger partial charge in [-0.3, -0.25) is 14.2 Å². The minimum absolute atomic E-state index is 0.145. The van der Waals surface area contributed by atoms with Crippen LogP contribution < -0.4 is 24.4 Å². The second-order valence-electron chi connectivity index (χ2n) is 10.5. The van der Waals surface area contributed by atoms with Crippen LogP contribution in [0.3, 0.4) is 0 Å². The van der Waals surface area contributed by atoms with Gasteiger partial charge in [-0.2, -0.15) is 5.10 Å². The highest BCUT2D eigenvalue weighted by atomic mass is 79.9. The van der Waals surface area contributed by atoms with E-state index in [1.165, 1.54) is 29.9 Å². The zero-order chi connectivity index (χ0) is 33.2. The number of allylic oxidation sites excluding steroid dienone is 1. The van der Waals surface area contributed by atoms with E-state index in [9.17, 15) is 14.4 Å². The Morgan fingerprint density at radius 2 is 1.79 bits per heavy atom. The van der Waals surface area contributed by atoms with Crippen LogP contribution in [0.15, 0.2) is 105 Å². The van der Waals surface area contributed by atoms with Crippen LogP contribution in [-0.4, -0.2) is 40.0 Å². The number of para-hydroxylation sites is 1. The fourth-order valence-electron chi connectivity index (χ4n) is 5.38. The second kappa shape index (κ2) is 13.3. The van der Waals surface area contributed by atoms with Gasteiger partial charge >= 0.3 is 11.9 Å². The van der Waals surface area contributed by atoms with Gasteiger partial charge in [0.1, 0.15) is 0 Å². The van der Waals surface area contributed by atoms with Crippen molar-refractivity contribution in [1.82, 2.24) is 14.3 Å². The molecule has 0 N–H and O–H groups in total. The standard InChI is InChI=1S/C35H29BrN4O6S/c1-5-45-34(43)30-20(2)37-35-40(32(30)23-13-16-27(46-21(3)41)28(17-23)44-4)33(42)29(47-35)18-24-19-39(26-9-7-6-8-10-26)38-31(24)22-11-14-25(36)15-12-22/h6-19,32H,5H2,1-4H3/b29-18-/t32-/m0/s1. The Balaban J connectivity index is 1.56. The molecule has 1 atom stereocenters. The van der Waals surface area contributed by atoms with E-state index in [0.717, 1.165) is 21.3 Å². The fraction of sp³-hybridized carbons (Fsp3) is 0.171. The summed E-state index contributed by atoms with van der Waals surface area (Å²) in [5, 5.41) is 4.89. The molecule has 5 aromatic rings. The van der Waals surface area contributed by atoms with Crippen molar-refractivity contribution >= 4 is 45.3 Å². The topological polar surface area (TPSA) is 114 Å². The number of esters is 2. The van der Waals surface area contributed by atoms with Crippen LogP contribution in [-0.2, 0) is 14.3 Å². The third kappa shape index (κ3) is 6.34. The van der Waals surface area contributed by atoms with Crippen molar-refractivity contribution in [2.45, 2.75) is 26.8 Å².